The van der Waals surface area contributed by atoms with Crippen LogP contribution in [0, 0.1) is 5.41 Å². The van der Waals surface area contributed by atoms with Gasteiger partial charge in [-0.2, -0.15) is 0 Å². The molecule has 174 valence electrons. The molecule has 1 heterocycles. The number of primary sulfonamides is 1. The van der Waals surface area contributed by atoms with Crippen LogP contribution in [0.2, 0.25) is 0 Å². The molecular weight excluding hydrogens is 462 g/mol. The second-order valence-electron chi connectivity index (χ2n) is 8.24. The summed E-state index contributed by atoms with van der Waals surface area (Å²) in [5.74, 6) is -0.00605. The zero-order valence-electron chi connectivity index (χ0n) is 18.5. The molecule has 5 rings (SSSR count). The summed E-state index contributed by atoms with van der Waals surface area (Å²) in [4.78, 5) is 17.1. The van der Waals surface area contributed by atoms with E-state index < -0.39 is 10.0 Å². The Bertz CT molecular complexity index is 1810. The molecule has 5 N–H and O–H groups in total. The molecule has 8 nitrogen and oxygen atoms in total. The van der Waals surface area contributed by atoms with Crippen LogP contribution in [0.15, 0.2) is 94.7 Å². The number of nitrogens with one attached hydrogen (secondary N) is 1. The molecule has 5 aromatic rings. The summed E-state index contributed by atoms with van der Waals surface area (Å²) in [5, 5.41) is 15.0. The van der Waals surface area contributed by atoms with Crippen LogP contribution in [0.4, 0.5) is 0 Å². The Balaban J connectivity index is 1.59. The molecule has 0 spiro atoms. The third-order valence-electron chi connectivity index (χ3n) is 5.91. The predicted molar refractivity (Wildman–Crippen MR) is 137 cm³/mol. The van der Waals surface area contributed by atoms with Crippen molar-refractivity contribution in [2.75, 3.05) is 0 Å². The van der Waals surface area contributed by atoms with Gasteiger partial charge in [-0.25, -0.2) is 18.5 Å². The lowest BCUT2D eigenvalue weighted by molar-refractivity contribution is 0.598. The topological polar surface area (TPSA) is 145 Å². The van der Waals surface area contributed by atoms with Crippen LogP contribution in [-0.2, 0) is 16.6 Å². The first-order valence-electron chi connectivity index (χ1n) is 10.7. The number of nitrogens with zero attached hydrogens (tertiary/aromatic N) is 2. The van der Waals surface area contributed by atoms with Crippen molar-refractivity contribution in [3.05, 3.63) is 107 Å². The molecule has 0 aliphatic heterocycles. The van der Waals surface area contributed by atoms with Gasteiger partial charge in [0.1, 0.15) is 5.84 Å². The van der Waals surface area contributed by atoms with Gasteiger partial charge in [-0.15, -0.1) is 0 Å². The molecule has 4 aromatic carbocycles. The molecule has 35 heavy (non-hydrogen) atoms. The van der Waals surface area contributed by atoms with E-state index in [0.717, 1.165) is 16.3 Å². The minimum Gasteiger partial charge on any atom is -0.384 e. The fourth-order valence-corrected chi connectivity index (χ4v) is 4.96. The van der Waals surface area contributed by atoms with E-state index in [4.69, 9.17) is 16.3 Å². The van der Waals surface area contributed by atoms with Crippen molar-refractivity contribution < 1.29 is 8.42 Å². The predicted octanol–water partition coefficient (Wildman–Crippen LogP) is 3.20. The summed E-state index contributed by atoms with van der Waals surface area (Å²) in [6, 6.07) is 23.2. The molecule has 0 aliphatic rings. The van der Waals surface area contributed by atoms with Gasteiger partial charge in [0.2, 0.25) is 10.0 Å². The lowest BCUT2D eigenvalue weighted by Crippen LogP contribution is -2.21. The van der Waals surface area contributed by atoms with Gasteiger partial charge in [0.05, 0.1) is 28.7 Å². The van der Waals surface area contributed by atoms with Gasteiger partial charge in [-0.1, -0.05) is 48.5 Å². The lowest BCUT2D eigenvalue weighted by atomic mass is 10.0. The zero-order chi connectivity index (χ0) is 24.7. The van der Waals surface area contributed by atoms with Crippen LogP contribution >= 0.6 is 0 Å². The van der Waals surface area contributed by atoms with Gasteiger partial charge >= 0.3 is 0 Å². The van der Waals surface area contributed by atoms with Gasteiger partial charge in [0.25, 0.3) is 5.56 Å². The molecule has 0 amide bonds. The normalized spacial score (nSPS) is 11.7. The number of aromatic nitrogens is 2. The summed E-state index contributed by atoms with van der Waals surface area (Å²) in [6.45, 7) is 0.311. The van der Waals surface area contributed by atoms with Crippen molar-refractivity contribution in [3.63, 3.8) is 0 Å². The van der Waals surface area contributed by atoms with Gasteiger partial charge in [0, 0.05) is 11.1 Å². The minimum absolute atomic E-state index is 0.00605. The van der Waals surface area contributed by atoms with E-state index in [-0.39, 0.29) is 16.3 Å². The largest absolute Gasteiger partial charge is 0.384 e. The Kier molecular flexibility index (Phi) is 5.43. The first-order chi connectivity index (χ1) is 16.7. The van der Waals surface area contributed by atoms with Crippen molar-refractivity contribution >= 4 is 37.7 Å². The lowest BCUT2D eigenvalue weighted by Gasteiger charge is -2.13. The summed E-state index contributed by atoms with van der Waals surface area (Å²) >= 11 is 0. The first kappa shape index (κ1) is 22.5. The van der Waals surface area contributed by atoms with Crippen LogP contribution < -0.4 is 16.4 Å². The highest BCUT2D eigenvalue weighted by Crippen LogP contribution is 2.29. The molecule has 1 aromatic heterocycles. The van der Waals surface area contributed by atoms with Crippen LogP contribution in [0.5, 0.6) is 0 Å². The summed E-state index contributed by atoms with van der Waals surface area (Å²) in [6.07, 6.45) is 1.26. The molecule has 0 fully saturated rings. The van der Waals surface area contributed by atoms with Gasteiger partial charge in [0.15, 0.2) is 0 Å². The van der Waals surface area contributed by atoms with Gasteiger partial charge in [-0.3, -0.25) is 10.2 Å². The number of nitrogens with two attached hydrogens (primary N) is 2. The maximum absolute atomic E-state index is 12.7. The molecule has 0 atom stereocenters. The van der Waals surface area contributed by atoms with Crippen molar-refractivity contribution in [3.8, 4) is 11.1 Å². The first-order valence-corrected chi connectivity index (χ1v) is 12.2. The number of rotatable bonds is 5. The Hall–Kier alpha value is -4.34. The van der Waals surface area contributed by atoms with Gasteiger partial charge in [-0.05, 0) is 52.2 Å². The number of fused-ring (bicyclic) bond motifs is 2. The minimum atomic E-state index is -3.91. The van der Waals surface area contributed by atoms with E-state index in [1.54, 1.807) is 47.0 Å². The maximum atomic E-state index is 12.7. The molecule has 0 radical (unpaired) electrons. The third kappa shape index (κ3) is 4.30. The van der Waals surface area contributed by atoms with E-state index in [1.807, 2.05) is 30.3 Å². The van der Waals surface area contributed by atoms with E-state index >= 15 is 0 Å². The molecule has 0 saturated heterocycles. The van der Waals surface area contributed by atoms with E-state index in [9.17, 15) is 13.2 Å². The van der Waals surface area contributed by atoms with Crippen molar-refractivity contribution in [2.24, 2.45) is 10.9 Å². The average molecular weight is 484 g/mol. The summed E-state index contributed by atoms with van der Waals surface area (Å²) in [5.41, 5.74) is 9.16. The van der Waals surface area contributed by atoms with Crippen LogP contribution in [-0.4, -0.2) is 23.8 Å². The SMILES string of the molecule is N=C(N)c1ccc2ccc(Cn3c(=O)cnc4cc(-c5ccccc5S(N)(=O)=O)ccc43)cc2c1. The molecule has 0 saturated carbocycles. The van der Waals surface area contributed by atoms with Crippen molar-refractivity contribution in [1.82, 2.24) is 9.55 Å². The third-order valence-corrected chi connectivity index (χ3v) is 6.88. The molecule has 0 unspecified atom stereocenters. The molecular formula is C26H21N5O3S. The zero-order valence-corrected chi connectivity index (χ0v) is 19.3. The Morgan fingerprint density at radius 2 is 1.71 bits per heavy atom. The van der Waals surface area contributed by atoms with Crippen LogP contribution in [0.3, 0.4) is 0 Å². The Morgan fingerprint density at radius 3 is 2.49 bits per heavy atom. The van der Waals surface area contributed by atoms with Crippen molar-refractivity contribution in [2.45, 2.75) is 11.4 Å². The van der Waals surface area contributed by atoms with Crippen molar-refractivity contribution in [1.29, 1.82) is 5.41 Å². The fourth-order valence-electron chi connectivity index (χ4n) is 4.20. The van der Waals surface area contributed by atoms with E-state index in [2.05, 4.69) is 4.98 Å². The Morgan fingerprint density at radius 1 is 0.943 bits per heavy atom. The monoisotopic (exact) mass is 483 g/mol. The highest BCUT2D eigenvalue weighted by atomic mass is 32.2. The number of nitrogen functional groups attached to an aromatic ring is 1. The van der Waals surface area contributed by atoms with E-state index in [0.29, 0.717) is 34.3 Å². The number of hydrogen-bond acceptors (Lipinski definition) is 5. The molecule has 0 bridgehead atoms. The molecule has 0 aliphatic carbocycles. The quantitative estimate of drug-likeness (QED) is 0.260. The molecule has 9 heteroatoms. The second kappa shape index (κ2) is 8.46. The maximum Gasteiger partial charge on any atom is 0.269 e. The smallest absolute Gasteiger partial charge is 0.269 e. The Labute approximate surface area is 201 Å². The number of sulfonamides is 1. The average Bonchev–Trinajstić information content (AvgIpc) is 2.84. The summed E-state index contributed by atoms with van der Waals surface area (Å²) < 4.78 is 25.7. The number of hydrogen-bond donors (Lipinski definition) is 3. The van der Waals surface area contributed by atoms with Crippen LogP contribution in [0.25, 0.3) is 32.9 Å². The summed E-state index contributed by atoms with van der Waals surface area (Å²) in [7, 11) is -3.91. The standard InChI is InChI=1S/C26H21N5O3S/c27-26(28)19-8-7-17-6-5-16(11-20(17)12-19)15-31-23-10-9-18(13-22(23)30-14-25(31)32)21-3-1-2-4-24(21)35(29,33)34/h1-14H,15H2,(H3,27,28)(H2,29,33,34). The van der Waals surface area contributed by atoms with E-state index in [1.165, 1.54) is 12.3 Å². The second-order valence-corrected chi connectivity index (χ2v) is 9.77. The number of benzene rings is 4. The van der Waals surface area contributed by atoms with Crippen LogP contribution in [0.1, 0.15) is 11.1 Å². The van der Waals surface area contributed by atoms with Gasteiger partial charge < -0.3 is 10.3 Å². The fraction of sp³-hybridized carbons (Fsp3) is 0.0385. The number of amidine groups is 1. The highest BCUT2D eigenvalue weighted by Gasteiger charge is 2.16. The highest BCUT2D eigenvalue weighted by molar-refractivity contribution is 7.89.